The largest absolute Gasteiger partial charge is 0.494 e. The van der Waals surface area contributed by atoms with Gasteiger partial charge in [0, 0.05) is 0 Å². The molecule has 1 rings (SSSR count). The van der Waals surface area contributed by atoms with Gasteiger partial charge < -0.3 is 4.74 Å². The summed E-state index contributed by atoms with van der Waals surface area (Å²) < 4.78 is 5.42. The van der Waals surface area contributed by atoms with Crippen molar-refractivity contribution in [1.82, 2.24) is 0 Å². The van der Waals surface area contributed by atoms with Gasteiger partial charge in [-0.15, -0.1) is 0 Å². The van der Waals surface area contributed by atoms with E-state index in [0.717, 1.165) is 12.4 Å². The zero-order valence-electron chi connectivity index (χ0n) is 8.68. The van der Waals surface area contributed by atoms with E-state index in [1.807, 2.05) is 20.8 Å². The first-order chi connectivity index (χ1) is 5.84. The molecule has 1 aliphatic heterocycles. The van der Waals surface area contributed by atoms with Crippen LogP contribution in [0.5, 0.6) is 0 Å². The monoisotopic (exact) mass is 168 g/mol. The van der Waals surface area contributed by atoms with Crippen molar-refractivity contribution in [1.29, 1.82) is 0 Å². The highest BCUT2D eigenvalue weighted by Gasteiger charge is 2.03. The van der Waals surface area contributed by atoms with Crippen LogP contribution in [0.15, 0.2) is 23.5 Å². The van der Waals surface area contributed by atoms with Gasteiger partial charge in [-0.2, -0.15) is 0 Å². The summed E-state index contributed by atoms with van der Waals surface area (Å²) in [6.45, 7) is 9.00. The van der Waals surface area contributed by atoms with Crippen LogP contribution in [0.1, 0.15) is 40.5 Å². The van der Waals surface area contributed by atoms with E-state index in [4.69, 9.17) is 4.74 Å². The molecule has 0 bridgehead atoms. The molecule has 70 valence electrons. The SMILES string of the molecule is C/C=C(\C)C1=CCCCO1.CC. The van der Waals surface area contributed by atoms with Gasteiger partial charge in [0.1, 0.15) is 5.76 Å². The van der Waals surface area contributed by atoms with E-state index >= 15 is 0 Å². The number of rotatable bonds is 1. The molecule has 0 unspecified atom stereocenters. The molecular weight excluding hydrogens is 148 g/mol. The topological polar surface area (TPSA) is 9.23 Å². The summed E-state index contributed by atoms with van der Waals surface area (Å²) in [7, 11) is 0. The normalized spacial score (nSPS) is 17.0. The minimum atomic E-state index is 0.886. The van der Waals surface area contributed by atoms with E-state index in [1.54, 1.807) is 0 Å². The van der Waals surface area contributed by atoms with Gasteiger partial charge in [-0.3, -0.25) is 0 Å². The lowest BCUT2D eigenvalue weighted by molar-refractivity contribution is 0.201. The first kappa shape index (κ1) is 11.3. The predicted molar refractivity (Wildman–Crippen MR) is 54.0 cm³/mol. The van der Waals surface area contributed by atoms with Crippen LogP contribution < -0.4 is 0 Å². The smallest absolute Gasteiger partial charge is 0.117 e. The molecule has 1 nitrogen and oxygen atoms in total. The maximum Gasteiger partial charge on any atom is 0.117 e. The fourth-order valence-electron chi connectivity index (χ4n) is 0.975. The molecule has 0 N–H and O–H groups in total. The Hall–Kier alpha value is -0.720. The number of allylic oxidation sites excluding steroid dienone is 3. The highest BCUT2D eigenvalue weighted by molar-refractivity contribution is 5.23. The van der Waals surface area contributed by atoms with Gasteiger partial charge in [-0.25, -0.2) is 0 Å². The minimum absolute atomic E-state index is 0.886. The predicted octanol–water partition coefficient (Wildman–Crippen LogP) is 3.67. The summed E-state index contributed by atoms with van der Waals surface area (Å²) in [5.41, 5.74) is 1.25. The van der Waals surface area contributed by atoms with E-state index in [-0.39, 0.29) is 0 Å². The van der Waals surface area contributed by atoms with E-state index < -0.39 is 0 Å². The Bertz CT molecular complexity index is 166. The van der Waals surface area contributed by atoms with E-state index in [9.17, 15) is 0 Å². The molecule has 12 heavy (non-hydrogen) atoms. The molecule has 0 aromatic carbocycles. The van der Waals surface area contributed by atoms with Crippen molar-refractivity contribution in [3.05, 3.63) is 23.5 Å². The molecule has 0 aromatic heterocycles. The molecule has 0 amide bonds. The van der Waals surface area contributed by atoms with Crippen molar-refractivity contribution in [3.8, 4) is 0 Å². The molecule has 0 saturated heterocycles. The Morgan fingerprint density at radius 1 is 1.50 bits per heavy atom. The summed E-state index contributed by atoms with van der Waals surface area (Å²) in [4.78, 5) is 0. The highest BCUT2D eigenvalue weighted by Crippen LogP contribution is 2.16. The first-order valence-electron chi connectivity index (χ1n) is 4.81. The van der Waals surface area contributed by atoms with Crippen LogP contribution in [0, 0.1) is 0 Å². The van der Waals surface area contributed by atoms with Crippen LogP contribution >= 0.6 is 0 Å². The Morgan fingerprint density at radius 3 is 2.58 bits per heavy atom. The molecule has 0 aromatic rings. The lowest BCUT2D eigenvalue weighted by Crippen LogP contribution is -2.01. The summed E-state index contributed by atoms with van der Waals surface area (Å²) in [6.07, 6.45) is 6.58. The Kier molecular flexibility index (Phi) is 6.54. The van der Waals surface area contributed by atoms with Gasteiger partial charge in [0.2, 0.25) is 0 Å². The van der Waals surface area contributed by atoms with Crippen LogP contribution in [-0.4, -0.2) is 6.61 Å². The van der Waals surface area contributed by atoms with Gasteiger partial charge in [0.15, 0.2) is 0 Å². The molecule has 0 spiro atoms. The van der Waals surface area contributed by atoms with Gasteiger partial charge in [-0.05, 0) is 38.3 Å². The molecule has 0 atom stereocenters. The van der Waals surface area contributed by atoms with Gasteiger partial charge in [0.05, 0.1) is 6.61 Å². The summed E-state index contributed by atoms with van der Waals surface area (Å²) in [5.74, 6) is 1.08. The molecule has 1 heterocycles. The summed E-state index contributed by atoms with van der Waals surface area (Å²) in [5, 5.41) is 0. The standard InChI is InChI=1S/C9H14O.C2H6/c1-3-8(2)9-6-4-5-7-10-9;1-2/h3,6H,4-5,7H2,1-2H3;1-2H3/b8-3+;. The molecule has 1 aliphatic rings. The minimum Gasteiger partial charge on any atom is -0.494 e. The Morgan fingerprint density at radius 2 is 2.17 bits per heavy atom. The molecule has 0 radical (unpaired) electrons. The van der Waals surface area contributed by atoms with Gasteiger partial charge in [0.25, 0.3) is 0 Å². The molecule has 1 heteroatoms. The fourth-order valence-corrected chi connectivity index (χ4v) is 0.975. The second-order valence-corrected chi connectivity index (χ2v) is 2.53. The molecular formula is C11H20O. The second kappa shape index (κ2) is 6.96. The zero-order valence-corrected chi connectivity index (χ0v) is 8.68. The number of hydrogen-bond acceptors (Lipinski definition) is 1. The molecule has 0 saturated carbocycles. The van der Waals surface area contributed by atoms with Crippen molar-refractivity contribution < 1.29 is 4.74 Å². The van der Waals surface area contributed by atoms with Crippen molar-refractivity contribution in [2.75, 3.05) is 6.61 Å². The maximum absolute atomic E-state index is 5.42. The zero-order chi connectivity index (χ0) is 9.40. The maximum atomic E-state index is 5.42. The third kappa shape index (κ3) is 3.61. The fraction of sp³-hybridized carbons (Fsp3) is 0.636. The van der Waals surface area contributed by atoms with Crippen molar-refractivity contribution >= 4 is 0 Å². The third-order valence-corrected chi connectivity index (χ3v) is 1.76. The third-order valence-electron chi connectivity index (χ3n) is 1.76. The van der Waals surface area contributed by atoms with Crippen molar-refractivity contribution in [2.24, 2.45) is 0 Å². The second-order valence-electron chi connectivity index (χ2n) is 2.53. The lowest BCUT2D eigenvalue weighted by Gasteiger charge is -2.14. The number of hydrogen-bond donors (Lipinski definition) is 0. The quantitative estimate of drug-likeness (QED) is 0.580. The summed E-state index contributed by atoms with van der Waals surface area (Å²) >= 11 is 0. The van der Waals surface area contributed by atoms with Crippen molar-refractivity contribution in [3.63, 3.8) is 0 Å². The molecule has 0 aliphatic carbocycles. The van der Waals surface area contributed by atoms with Crippen LogP contribution in [-0.2, 0) is 4.74 Å². The Balaban J connectivity index is 0.000000561. The Labute approximate surface area is 76.1 Å². The highest BCUT2D eigenvalue weighted by atomic mass is 16.5. The lowest BCUT2D eigenvalue weighted by atomic mass is 10.1. The van der Waals surface area contributed by atoms with Gasteiger partial charge >= 0.3 is 0 Å². The van der Waals surface area contributed by atoms with Gasteiger partial charge in [-0.1, -0.05) is 19.9 Å². The van der Waals surface area contributed by atoms with E-state index in [0.29, 0.717) is 0 Å². The van der Waals surface area contributed by atoms with E-state index in [1.165, 1.54) is 18.4 Å². The average molecular weight is 168 g/mol. The van der Waals surface area contributed by atoms with Crippen LogP contribution in [0.25, 0.3) is 0 Å². The van der Waals surface area contributed by atoms with Crippen LogP contribution in [0.2, 0.25) is 0 Å². The average Bonchev–Trinajstić information content (AvgIpc) is 2.21. The summed E-state index contributed by atoms with van der Waals surface area (Å²) in [6, 6.07) is 0. The number of ether oxygens (including phenoxy) is 1. The first-order valence-corrected chi connectivity index (χ1v) is 4.81. The molecule has 0 fully saturated rings. The van der Waals surface area contributed by atoms with E-state index in [2.05, 4.69) is 19.1 Å². The van der Waals surface area contributed by atoms with Crippen LogP contribution in [0.3, 0.4) is 0 Å². The van der Waals surface area contributed by atoms with Crippen LogP contribution in [0.4, 0.5) is 0 Å². The van der Waals surface area contributed by atoms with Crippen molar-refractivity contribution in [2.45, 2.75) is 40.5 Å².